The fourth-order valence-electron chi connectivity index (χ4n) is 3.31. The number of amides is 2. The van der Waals surface area contributed by atoms with E-state index in [0.29, 0.717) is 26.1 Å². The summed E-state index contributed by atoms with van der Waals surface area (Å²) in [4.78, 5) is 40.0. The first-order valence-electron chi connectivity index (χ1n) is 10.2. The van der Waals surface area contributed by atoms with Gasteiger partial charge >= 0.3 is 0 Å². The van der Waals surface area contributed by atoms with Crippen LogP contribution in [0.15, 0.2) is 36.5 Å². The van der Waals surface area contributed by atoms with E-state index >= 15 is 0 Å². The van der Waals surface area contributed by atoms with Crippen molar-refractivity contribution in [1.29, 1.82) is 0 Å². The molecule has 0 unspecified atom stereocenters. The Morgan fingerprint density at radius 1 is 1.23 bits per heavy atom. The van der Waals surface area contributed by atoms with Gasteiger partial charge in [0.05, 0.1) is 11.5 Å². The third-order valence-electron chi connectivity index (χ3n) is 4.84. The van der Waals surface area contributed by atoms with E-state index in [1.807, 2.05) is 50.7 Å². The van der Waals surface area contributed by atoms with Crippen molar-refractivity contribution in [2.24, 2.45) is 13.0 Å². The van der Waals surface area contributed by atoms with E-state index in [9.17, 15) is 19.7 Å². The monoisotopic (exact) mass is 448 g/mol. The van der Waals surface area contributed by atoms with Gasteiger partial charge in [-0.15, -0.1) is 0 Å². The van der Waals surface area contributed by atoms with Crippen LogP contribution in [0.3, 0.4) is 0 Å². The van der Waals surface area contributed by atoms with Gasteiger partial charge in [-0.25, -0.2) is 0 Å². The average molecular weight is 449 g/mol. The number of halogens is 1. The summed E-state index contributed by atoms with van der Waals surface area (Å²) in [5, 5.41) is 11.1. The van der Waals surface area contributed by atoms with Crippen LogP contribution in [0.25, 0.3) is 0 Å². The maximum Gasteiger partial charge on any atom is 0.288 e. The van der Waals surface area contributed by atoms with Crippen molar-refractivity contribution in [2.75, 3.05) is 19.6 Å². The van der Waals surface area contributed by atoms with Crippen molar-refractivity contribution in [3.63, 3.8) is 0 Å². The number of rotatable bonds is 10. The molecule has 0 spiro atoms. The van der Waals surface area contributed by atoms with Crippen molar-refractivity contribution in [3.05, 3.63) is 62.9 Å². The van der Waals surface area contributed by atoms with Gasteiger partial charge in [0.2, 0.25) is 5.91 Å². The molecular weight excluding hydrogens is 420 g/mol. The molecule has 0 aliphatic heterocycles. The summed E-state index contributed by atoms with van der Waals surface area (Å²) in [5.74, 6) is -0.336. The van der Waals surface area contributed by atoms with Crippen LogP contribution >= 0.6 is 11.6 Å². The van der Waals surface area contributed by atoms with Crippen molar-refractivity contribution < 1.29 is 14.5 Å². The lowest BCUT2D eigenvalue weighted by Crippen LogP contribution is -2.44. The fraction of sp³-hybridized carbons (Fsp3) is 0.455. The van der Waals surface area contributed by atoms with Crippen LogP contribution in [0.2, 0.25) is 5.02 Å². The molecule has 0 aliphatic rings. The number of hydrogen-bond acceptors (Lipinski definition) is 4. The molecule has 0 atom stereocenters. The first-order chi connectivity index (χ1) is 14.6. The highest BCUT2D eigenvalue weighted by Crippen LogP contribution is 2.25. The Morgan fingerprint density at radius 2 is 1.94 bits per heavy atom. The van der Waals surface area contributed by atoms with Crippen LogP contribution in [0.5, 0.6) is 0 Å². The summed E-state index contributed by atoms with van der Waals surface area (Å²) in [5.41, 5.74) is 0.798. The normalized spacial score (nSPS) is 10.9. The van der Waals surface area contributed by atoms with E-state index < -0.39 is 10.8 Å². The first-order valence-corrected chi connectivity index (χ1v) is 10.6. The molecule has 0 N–H and O–H groups in total. The van der Waals surface area contributed by atoms with E-state index in [1.54, 1.807) is 4.90 Å². The minimum atomic E-state index is -0.626. The molecule has 9 heteroatoms. The van der Waals surface area contributed by atoms with Crippen LogP contribution in [0.4, 0.5) is 5.69 Å². The molecule has 0 fully saturated rings. The molecule has 1 aromatic carbocycles. The van der Waals surface area contributed by atoms with Crippen LogP contribution in [-0.2, 0) is 18.4 Å². The topological polar surface area (TPSA) is 88.7 Å². The van der Waals surface area contributed by atoms with Gasteiger partial charge in [-0.1, -0.05) is 32.4 Å². The molecular formula is C22H29ClN4O4. The molecule has 1 aromatic heterocycles. The number of hydrogen-bond donors (Lipinski definition) is 0. The molecule has 0 saturated carbocycles. The van der Waals surface area contributed by atoms with E-state index in [-0.39, 0.29) is 34.6 Å². The van der Waals surface area contributed by atoms with Crippen molar-refractivity contribution >= 4 is 29.1 Å². The number of carbonyl (C=O) groups excluding carboxylic acids is 2. The summed E-state index contributed by atoms with van der Waals surface area (Å²) >= 11 is 5.86. The maximum atomic E-state index is 13.2. The minimum absolute atomic E-state index is 0.0367. The molecule has 1 heterocycles. The summed E-state index contributed by atoms with van der Waals surface area (Å²) in [7, 11) is 1.92. The Bertz CT molecular complexity index is 941. The Morgan fingerprint density at radius 3 is 2.48 bits per heavy atom. The number of nitro groups is 1. The lowest BCUT2D eigenvalue weighted by Gasteiger charge is -2.29. The highest BCUT2D eigenvalue weighted by atomic mass is 35.5. The predicted molar refractivity (Wildman–Crippen MR) is 120 cm³/mol. The molecule has 2 rings (SSSR count). The molecule has 2 amide bonds. The molecule has 8 nitrogen and oxygen atoms in total. The van der Waals surface area contributed by atoms with E-state index in [1.165, 1.54) is 17.0 Å². The van der Waals surface area contributed by atoms with Gasteiger partial charge in [-0.2, -0.15) is 0 Å². The second kappa shape index (κ2) is 10.9. The molecule has 0 saturated heterocycles. The minimum Gasteiger partial charge on any atom is -0.353 e. The highest BCUT2D eigenvalue weighted by molar-refractivity contribution is 6.32. The maximum absolute atomic E-state index is 13.2. The number of benzene rings is 1. The number of aromatic nitrogens is 1. The third kappa shape index (κ3) is 6.55. The van der Waals surface area contributed by atoms with Gasteiger partial charge < -0.3 is 14.4 Å². The summed E-state index contributed by atoms with van der Waals surface area (Å²) in [6.45, 7) is 7.25. The van der Waals surface area contributed by atoms with Crippen molar-refractivity contribution in [1.82, 2.24) is 14.4 Å². The summed E-state index contributed by atoms with van der Waals surface area (Å²) in [6, 6.07) is 7.82. The number of nitrogens with zero attached hydrogens (tertiary/aromatic N) is 4. The Balaban J connectivity index is 2.23. The lowest BCUT2D eigenvalue weighted by molar-refractivity contribution is -0.384. The lowest BCUT2D eigenvalue weighted by atomic mass is 10.1. The molecule has 2 aromatic rings. The number of carbonyl (C=O) groups is 2. The molecule has 31 heavy (non-hydrogen) atoms. The van der Waals surface area contributed by atoms with E-state index in [2.05, 4.69) is 0 Å². The second-order valence-corrected chi connectivity index (χ2v) is 8.34. The average Bonchev–Trinajstić information content (AvgIpc) is 3.10. The zero-order chi connectivity index (χ0) is 23.1. The van der Waals surface area contributed by atoms with Gasteiger partial charge in [0.1, 0.15) is 11.6 Å². The Kier molecular flexibility index (Phi) is 8.62. The third-order valence-corrected chi connectivity index (χ3v) is 5.16. The van der Waals surface area contributed by atoms with Crippen LogP contribution < -0.4 is 0 Å². The van der Waals surface area contributed by atoms with E-state index in [0.717, 1.165) is 11.8 Å². The first kappa shape index (κ1) is 24.4. The fourth-order valence-corrected chi connectivity index (χ4v) is 3.49. The van der Waals surface area contributed by atoms with Crippen LogP contribution in [0.1, 0.15) is 43.2 Å². The van der Waals surface area contributed by atoms with Gasteiger partial charge in [-0.05, 0) is 36.6 Å². The predicted octanol–water partition coefficient (Wildman–Crippen LogP) is 4.12. The number of nitro benzene ring substituents is 1. The van der Waals surface area contributed by atoms with Gasteiger partial charge in [-0.3, -0.25) is 19.7 Å². The standard InChI is InChI=1S/C22H29ClN4O4/c1-5-10-25(22(29)17-8-9-19(23)20(12-17)27(30)31)15-21(28)26(13-16(2)3)14-18-7-6-11-24(18)4/h6-9,11-12,16H,5,10,13-15H2,1-4H3. The highest BCUT2D eigenvalue weighted by Gasteiger charge is 2.25. The smallest absolute Gasteiger partial charge is 0.288 e. The van der Waals surface area contributed by atoms with Gasteiger partial charge in [0, 0.05) is 43.7 Å². The SMILES string of the molecule is CCCN(CC(=O)N(Cc1cccn1C)CC(C)C)C(=O)c1ccc(Cl)c([N+](=O)[O-])c1. The van der Waals surface area contributed by atoms with Crippen molar-refractivity contribution in [2.45, 2.75) is 33.7 Å². The molecule has 0 radical (unpaired) electrons. The largest absolute Gasteiger partial charge is 0.353 e. The Labute approximate surface area is 187 Å². The van der Waals surface area contributed by atoms with Crippen molar-refractivity contribution in [3.8, 4) is 0 Å². The van der Waals surface area contributed by atoms with Gasteiger partial charge in [0.25, 0.3) is 11.6 Å². The van der Waals surface area contributed by atoms with Crippen LogP contribution in [-0.4, -0.2) is 50.7 Å². The molecule has 168 valence electrons. The van der Waals surface area contributed by atoms with Crippen LogP contribution in [0, 0.1) is 16.0 Å². The second-order valence-electron chi connectivity index (χ2n) is 7.93. The molecule has 0 bridgehead atoms. The quantitative estimate of drug-likeness (QED) is 0.404. The Hall–Kier alpha value is -2.87. The molecule has 0 aliphatic carbocycles. The number of aryl methyl sites for hydroxylation is 1. The summed E-state index contributed by atoms with van der Waals surface area (Å²) < 4.78 is 1.96. The zero-order valence-electron chi connectivity index (χ0n) is 18.4. The van der Waals surface area contributed by atoms with Gasteiger partial charge in [0.15, 0.2) is 0 Å². The zero-order valence-corrected chi connectivity index (χ0v) is 19.1. The summed E-state index contributed by atoms with van der Waals surface area (Å²) in [6.07, 6.45) is 2.57. The van der Waals surface area contributed by atoms with E-state index in [4.69, 9.17) is 11.6 Å².